The van der Waals surface area contributed by atoms with Crippen LogP contribution >= 0.6 is 0 Å². The van der Waals surface area contributed by atoms with Crippen LogP contribution in [0.25, 0.3) is 0 Å². The van der Waals surface area contributed by atoms with E-state index < -0.39 is 0 Å². The van der Waals surface area contributed by atoms with Gasteiger partial charge in [0.15, 0.2) is 0 Å². The first kappa shape index (κ1) is 21.3. The van der Waals surface area contributed by atoms with Gasteiger partial charge >= 0.3 is 0 Å². The van der Waals surface area contributed by atoms with Crippen molar-refractivity contribution >= 4 is 5.91 Å². The highest BCUT2D eigenvalue weighted by molar-refractivity contribution is 5.96. The van der Waals surface area contributed by atoms with Gasteiger partial charge in [0.1, 0.15) is 16.9 Å². The first-order chi connectivity index (χ1) is 15.0. The molecule has 1 amide bonds. The quantitative estimate of drug-likeness (QED) is 0.684. The average Bonchev–Trinajstić information content (AvgIpc) is 2.69. The highest BCUT2D eigenvalue weighted by atomic mass is 16.5. The van der Waals surface area contributed by atoms with Gasteiger partial charge in [-0.2, -0.15) is 0 Å². The molecule has 5 rings (SSSR count). The Morgan fingerprint density at radius 2 is 1.84 bits per heavy atom. The molecule has 4 heterocycles. The predicted molar refractivity (Wildman–Crippen MR) is 122 cm³/mol. The Kier molecular flexibility index (Phi) is 4.61. The number of pyridine rings is 1. The van der Waals surface area contributed by atoms with Crippen molar-refractivity contribution in [1.29, 1.82) is 0 Å². The molecule has 6 nitrogen and oxygen atoms in total. The summed E-state index contributed by atoms with van der Waals surface area (Å²) in [4.78, 5) is 27.8. The molecule has 3 aliphatic rings. The number of rotatable bonds is 1. The zero-order valence-electron chi connectivity index (χ0n) is 19.8. The van der Waals surface area contributed by atoms with Crippen LogP contribution in [-0.2, 0) is 11.8 Å². The van der Waals surface area contributed by atoms with E-state index in [1.165, 1.54) is 5.56 Å². The van der Waals surface area contributed by atoms with Gasteiger partial charge in [0.2, 0.25) is 0 Å². The van der Waals surface area contributed by atoms with E-state index in [0.717, 1.165) is 29.0 Å². The summed E-state index contributed by atoms with van der Waals surface area (Å²) < 4.78 is 14.4. The molecule has 170 valence electrons. The van der Waals surface area contributed by atoms with Crippen LogP contribution in [0.4, 0.5) is 0 Å². The summed E-state index contributed by atoms with van der Waals surface area (Å²) in [5.41, 5.74) is 3.53. The number of carbonyl (C=O) groups is 1. The molecule has 2 aromatic rings. The fraction of sp³-hybridized carbons (Fsp3) is 0.538. The lowest BCUT2D eigenvalue weighted by molar-refractivity contribution is -0.191. The zero-order valence-corrected chi connectivity index (χ0v) is 19.8. The molecular weight excluding hydrogens is 404 g/mol. The third-order valence-electron chi connectivity index (χ3n) is 7.75. The minimum absolute atomic E-state index is 0.0105. The Morgan fingerprint density at radius 1 is 1.12 bits per heavy atom. The lowest BCUT2D eigenvalue weighted by Crippen LogP contribution is -2.65. The molecule has 2 fully saturated rings. The van der Waals surface area contributed by atoms with Crippen molar-refractivity contribution in [2.45, 2.75) is 52.7 Å². The van der Waals surface area contributed by atoms with Crippen molar-refractivity contribution in [3.63, 3.8) is 0 Å². The number of hydrogen-bond donors (Lipinski definition) is 0. The van der Waals surface area contributed by atoms with Crippen molar-refractivity contribution in [2.24, 2.45) is 18.4 Å². The highest BCUT2D eigenvalue weighted by Crippen LogP contribution is 2.55. The molecule has 0 radical (unpaired) electrons. The molecule has 2 saturated heterocycles. The molecule has 0 bridgehead atoms. The Labute approximate surface area is 189 Å². The summed E-state index contributed by atoms with van der Waals surface area (Å²) >= 11 is 0. The van der Waals surface area contributed by atoms with E-state index in [9.17, 15) is 9.59 Å². The lowest BCUT2D eigenvalue weighted by atomic mass is 9.64. The van der Waals surface area contributed by atoms with Gasteiger partial charge in [-0.25, -0.2) is 0 Å². The maximum Gasteiger partial charge on any atom is 0.263 e. The zero-order chi connectivity index (χ0) is 23.0. The number of benzene rings is 1. The average molecular weight is 437 g/mol. The van der Waals surface area contributed by atoms with Crippen LogP contribution in [0.15, 0.2) is 29.1 Å². The van der Waals surface area contributed by atoms with Crippen molar-refractivity contribution in [3.05, 3.63) is 62.6 Å². The number of aromatic nitrogens is 1. The molecule has 2 atom stereocenters. The SMILES string of the molecule is Cc1ccc2c(c1)OC(C)(C)[C@H]1CC3(CO[C@H]21)CN(C(=O)c1c(C)cc(C)n(C)c1=O)C3. The van der Waals surface area contributed by atoms with Crippen LogP contribution in [0.3, 0.4) is 0 Å². The molecule has 1 spiro atoms. The molecule has 6 heteroatoms. The number of carbonyl (C=O) groups excluding carboxylic acids is 1. The second-order valence-corrected chi connectivity index (χ2v) is 10.7. The van der Waals surface area contributed by atoms with E-state index in [1.54, 1.807) is 16.5 Å². The van der Waals surface area contributed by atoms with E-state index >= 15 is 0 Å². The van der Waals surface area contributed by atoms with E-state index in [2.05, 4.69) is 39.0 Å². The van der Waals surface area contributed by atoms with Crippen LogP contribution in [0, 0.1) is 32.1 Å². The van der Waals surface area contributed by atoms with Gasteiger partial charge < -0.3 is 18.9 Å². The molecule has 0 saturated carbocycles. The third kappa shape index (κ3) is 3.11. The second-order valence-electron chi connectivity index (χ2n) is 10.7. The number of hydrogen-bond acceptors (Lipinski definition) is 4. The fourth-order valence-electron chi connectivity index (χ4n) is 5.78. The predicted octanol–water partition coefficient (Wildman–Crippen LogP) is 3.70. The van der Waals surface area contributed by atoms with Gasteiger partial charge in [0, 0.05) is 42.7 Å². The van der Waals surface area contributed by atoms with Gasteiger partial charge in [-0.15, -0.1) is 0 Å². The molecule has 0 aliphatic carbocycles. The van der Waals surface area contributed by atoms with E-state index in [4.69, 9.17) is 9.47 Å². The minimum Gasteiger partial charge on any atom is -0.487 e. The summed E-state index contributed by atoms with van der Waals surface area (Å²) in [5, 5.41) is 0. The minimum atomic E-state index is -0.354. The first-order valence-corrected chi connectivity index (χ1v) is 11.4. The van der Waals surface area contributed by atoms with E-state index in [-0.39, 0.29) is 40.1 Å². The molecule has 0 N–H and O–H groups in total. The number of aryl methyl sites for hydroxylation is 3. The van der Waals surface area contributed by atoms with E-state index in [0.29, 0.717) is 19.7 Å². The largest absolute Gasteiger partial charge is 0.487 e. The number of amides is 1. The molecular formula is C26H32N2O4. The van der Waals surface area contributed by atoms with Crippen molar-refractivity contribution < 1.29 is 14.3 Å². The molecule has 1 aromatic heterocycles. The number of fused-ring (bicyclic) bond motifs is 3. The number of ether oxygens (including phenoxy) is 2. The summed E-state index contributed by atoms with van der Waals surface area (Å²) in [6.07, 6.45) is 0.948. The maximum absolute atomic E-state index is 13.2. The van der Waals surface area contributed by atoms with Crippen LogP contribution in [-0.4, -0.2) is 40.7 Å². The number of nitrogens with zero attached hydrogens (tertiary/aromatic N) is 2. The lowest BCUT2D eigenvalue weighted by Gasteiger charge is -2.58. The topological polar surface area (TPSA) is 60.8 Å². The normalized spacial score (nSPS) is 24.9. The third-order valence-corrected chi connectivity index (χ3v) is 7.75. The van der Waals surface area contributed by atoms with Crippen LogP contribution in [0.5, 0.6) is 5.75 Å². The molecule has 3 aliphatic heterocycles. The van der Waals surface area contributed by atoms with Crippen LogP contribution in [0.1, 0.15) is 59.1 Å². The second kappa shape index (κ2) is 6.95. The van der Waals surface area contributed by atoms with Gasteiger partial charge in [-0.1, -0.05) is 12.1 Å². The van der Waals surface area contributed by atoms with Gasteiger partial charge in [0.05, 0.1) is 12.7 Å². The Bertz CT molecular complexity index is 1170. The fourth-order valence-corrected chi connectivity index (χ4v) is 5.78. The summed E-state index contributed by atoms with van der Waals surface area (Å²) in [7, 11) is 1.71. The molecule has 0 unspecified atom stereocenters. The van der Waals surface area contributed by atoms with E-state index in [1.807, 2.05) is 19.9 Å². The van der Waals surface area contributed by atoms with Gasteiger partial charge in [0.25, 0.3) is 11.5 Å². The highest BCUT2D eigenvalue weighted by Gasteiger charge is 2.56. The Hall–Kier alpha value is -2.60. The molecule has 1 aromatic carbocycles. The number of likely N-dealkylation sites (tertiary alicyclic amines) is 1. The standard InChI is InChI=1S/C26H32N2O4/c1-15-7-8-18-20(9-15)32-25(4,5)19-11-26(14-31-22(18)19)12-28(13-26)24(30)21-16(2)10-17(3)27(6)23(21)29/h7-10,19,22H,11-14H2,1-6H3/t19-,22+/m0/s1. The van der Waals surface area contributed by atoms with Crippen LogP contribution in [0.2, 0.25) is 0 Å². The molecule has 32 heavy (non-hydrogen) atoms. The Morgan fingerprint density at radius 3 is 2.56 bits per heavy atom. The van der Waals surface area contributed by atoms with Crippen molar-refractivity contribution in [3.8, 4) is 5.75 Å². The van der Waals surface area contributed by atoms with Crippen LogP contribution < -0.4 is 10.3 Å². The first-order valence-electron chi connectivity index (χ1n) is 11.4. The Balaban J connectivity index is 1.36. The summed E-state index contributed by atoms with van der Waals surface area (Å²) in [6.45, 7) is 11.9. The summed E-state index contributed by atoms with van der Waals surface area (Å²) in [6, 6.07) is 8.23. The summed E-state index contributed by atoms with van der Waals surface area (Å²) in [5.74, 6) is 0.955. The van der Waals surface area contributed by atoms with Gasteiger partial charge in [-0.3, -0.25) is 9.59 Å². The smallest absolute Gasteiger partial charge is 0.263 e. The monoisotopic (exact) mass is 436 g/mol. The van der Waals surface area contributed by atoms with Crippen molar-refractivity contribution in [1.82, 2.24) is 9.47 Å². The van der Waals surface area contributed by atoms with Gasteiger partial charge in [-0.05, 0) is 64.3 Å². The van der Waals surface area contributed by atoms with Crippen molar-refractivity contribution in [2.75, 3.05) is 19.7 Å². The maximum atomic E-state index is 13.2.